The molecule has 0 spiro atoms. The van der Waals surface area contributed by atoms with E-state index in [9.17, 15) is 9.59 Å². The number of nitrogens with zero attached hydrogens (tertiary/aromatic N) is 1. The Morgan fingerprint density at radius 3 is 2.75 bits per heavy atom. The van der Waals surface area contributed by atoms with E-state index in [4.69, 9.17) is 10.5 Å². The van der Waals surface area contributed by atoms with Crippen LogP contribution in [-0.4, -0.2) is 31.1 Å². The first-order valence-electron chi connectivity index (χ1n) is 8.24. The summed E-state index contributed by atoms with van der Waals surface area (Å²) in [5.74, 6) is -0.294. The van der Waals surface area contributed by atoms with Crippen molar-refractivity contribution in [1.29, 1.82) is 0 Å². The molecule has 0 radical (unpaired) electrons. The van der Waals surface area contributed by atoms with Crippen LogP contribution in [0.3, 0.4) is 0 Å². The summed E-state index contributed by atoms with van der Waals surface area (Å²) >= 11 is 0. The van der Waals surface area contributed by atoms with E-state index in [1.807, 2.05) is 26.0 Å². The third kappa shape index (κ3) is 3.91. The van der Waals surface area contributed by atoms with E-state index in [1.165, 1.54) is 0 Å². The SMILES string of the molecule is CCOC(=O)C(N=CC1=C(N)CCc2cc(C=O)ccc21)C(C)C. The highest BCUT2D eigenvalue weighted by atomic mass is 16.5. The van der Waals surface area contributed by atoms with Crippen molar-refractivity contribution in [3.05, 3.63) is 40.6 Å². The van der Waals surface area contributed by atoms with E-state index in [0.717, 1.165) is 35.1 Å². The van der Waals surface area contributed by atoms with Gasteiger partial charge in [0.05, 0.1) is 6.61 Å². The van der Waals surface area contributed by atoms with Crippen molar-refractivity contribution in [3.8, 4) is 0 Å². The Labute approximate surface area is 142 Å². The minimum atomic E-state index is -0.551. The number of esters is 1. The van der Waals surface area contributed by atoms with Gasteiger partial charge < -0.3 is 10.5 Å². The lowest BCUT2D eigenvalue weighted by molar-refractivity contribution is -0.145. The Bertz CT molecular complexity index is 690. The van der Waals surface area contributed by atoms with E-state index in [2.05, 4.69) is 4.99 Å². The number of rotatable bonds is 6. The van der Waals surface area contributed by atoms with Crippen LogP contribution in [0.25, 0.3) is 5.57 Å². The average Bonchev–Trinajstić information content (AvgIpc) is 2.56. The lowest BCUT2D eigenvalue weighted by atomic mass is 9.88. The van der Waals surface area contributed by atoms with Crippen molar-refractivity contribution in [2.24, 2.45) is 16.6 Å². The second-order valence-corrected chi connectivity index (χ2v) is 6.19. The molecule has 1 aromatic rings. The number of aldehydes is 1. The second kappa shape index (κ2) is 7.90. The summed E-state index contributed by atoms with van der Waals surface area (Å²) < 4.78 is 5.09. The van der Waals surface area contributed by atoms with Crippen molar-refractivity contribution in [2.75, 3.05) is 6.61 Å². The molecule has 0 fully saturated rings. The van der Waals surface area contributed by atoms with E-state index in [0.29, 0.717) is 18.6 Å². The molecule has 1 aliphatic carbocycles. The molecule has 1 aromatic carbocycles. The van der Waals surface area contributed by atoms with Gasteiger partial charge in [-0.2, -0.15) is 0 Å². The van der Waals surface area contributed by atoms with Crippen molar-refractivity contribution >= 4 is 24.0 Å². The molecule has 0 saturated heterocycles. The number of fused-ring (bicyclic) bond motifs is 1. The molecule has 2 rings (SSSR count). The number of allylic oxidation sites excluding steroid dienone is 2. The number of benzene rings is 1. The van der Waals surface area contributed by atoms with Crippen molar-refractivity contribution in [3.63, 3.8) is 0 Å². The van der Waals surface area contributed by atoms with Gasteiger partial charge in [0.1, 0.15) is 12.3 Å². The molecule has 0 aliphatic heterocycles. The van der Waals surface area contributed by atoms with Gasteiger partial charge in [0.15, 0.2) is 0 Å². The Morgan fingerprint density at radius 1 is 1.38 bits per heavy atom. The monoisotopic (exact) mass is 328 g/mol. The molecular weight excluding hydrogens is 304 g/mol. The Balaban J connectivity index is 2.33. The molecule has 2 N–H and O–H groups in total. The number of carbonyl (C=O) groups is 2. The second-order valence-electron chi connectivity index (χ2n) is 6.19. The van der Waals surface area contributed by atoms with Gasteiger partial charge >= 0.3 is 5.97 Å². The number of hydrogen-bond acceptors (Lipinski definition) is 5. The highest BCUT2D eigenvalue weighted by Gasteiger charge is 2.23. The van der Waals surface area contributed by atoms with Crippen LogP contribution in [0.1, 0.15) is 48.7 Å². The maximum atomic E-state index is 12.0. The van der Waals surface area contributed by atoms with Crippen LogP contribution >= 0.6 is 0 Å². The fraction of sp³-hybridized carbons (Fsp3) is 0.421. The Hall–Kier alpha value is -2.43. The van der Waals surface area contributed by atoms with Crippen LogP contribution < -0.4 is 5.73 Å². The van der Waals surface area contributed by atoms with E-state index in [1.54, 1.807) is 19.2 Å². The van der Waals surface area contributed by atoms with Gasteiger partial charge in [-0.15, -0.1) is 0 Å². The number of carbonyl (C=O) groups excluding carboxylic acids is 2. The third-order valence-electron chi connectivity index (χ3n) is 4.09. The zero-order valence-corrected chi connectivity index (χ0v) is 14.4. The summed E-state index contributed by atoms with van der Waals surface area (Å²) in [5.41, 5.74) is 10.4. The minimum Gasteiger partial charge on any atom is -0.464 e. The summed E-state index contributed by atoms with van der Waals surface area (Å²) in [5, 5.41) is 0. The van der Waals surface area contributed by atoms with Crippen molar-refractivity contribution in [1.82, 2.24) is 0 Å². The van der Waals surface area contributed by atoms with Gasteiger partial charge in [-0.1, -0.05) is 26.0 Å². The number of nitrogens with two attached hydrogens (primary N) is 1. The molecule has 128 valence electrons. The first-order chi connectivity index (χ1) is 11.5. The zero-order valence-electron chi connectivity index (χ0n) is 14.4. The van der Waals surface area contributed by atoms with Crippen LogP contribution in [0.5, 0.6) is 0 Å². The summed E-state index contributed by atoms with van der Waals surface area (Å²) in [7, 11) is 0. The largest absolute Gasteiger partial charge is 0.464 e. The molecule has 0 aromatic heterocycles. The van der Waals surface area contributed by atoms with E-state index >= 15 is 0 Å². The minimum absolute atomic E-state index is 0.0302. The molecule has 0 bridgehead atoms. The first-order valence-corrected chi connectivity index (χ1v) is 8.24. The van der Waals surface area contributed by atoms with Gasteiger partial charge in [-0.3, -0.25) is 9.79 Å². The first kappa shape index (κ1) is 17.9. The lowest BCUT2D eigenvalue weighted by Crippen LogP contribution is -2.27. The quantitative estimate of drug-likeness (QED) is 0.494. The highest BCUT2D eigenvalue weighted by Crippen LogP contribution is 2.29. The standard InChI is InChI=1S/C19H24N2O3/c1-4-24-19(23)18(12(2)3)21-10-16-15-7-5-13(11-22)9-14(15)6-8-17(16)20/h5,7,9-12,18H,4,6,8,20H2,1-3H3. The van der Waals surface area contributed by atoms with Crippen molar-refractivity contribution in [2.45, 2.75) is 39.7 Å². The zero-order chi connectivity index (χ0) is 17.7. The Kier molecular flexibility index (Phi) is 5.90. The number of hydrogen-bond donors (Lipinski definition) is 1. The summed E-state index contributed by atoms with van der Waals surface area (Å²) in [4.78, 5) is 27.4. The summed E-state index contributed by atoms with van der Waals surface area (Å²) in [6, 6.07) is 4.99. The number of aryl methyl sites for hydroxylation is 1. The third-order valence-corrected chi connectivity index (χ3v) is 4.09. The molecule has 1 aliphatic rings. The van der Waals surface area contributed by atoms with Gasteiger partial charge in [-0.05, 0) is 42.9 Å². The average molecular weight is 328 g/mol. The lowest BCUT2D eigenvalue weighted by Gasteiger charge is -2.20. The van der Waals surface area contributed by atoms with Crippen LogP contribution in [0.15, 0.2) is 28.9 Å². The fourth-order valence-corrected chi connectivity index (χ4v) is 2.77. The van der Waals surface area contributed by atoms with Gasteiger partial charge in [-0.25, -0.2) is 4.79 Å². The normalized spacial score (nSPS) is 15.5. The molecule has 1 unspecified atom stereocenters. The molecule has 0 heterocycles. The van der Waals surface area contributed by atoms with Crippen LogP contribution in [0.4, 0.5) is 0 Å². The van der Waals surface area contributed by atoms with Crippen LogP contribution in [0, 0.1) is 5.92 Å². The van der Waals surface area contributed by atoms with Crippen LogP contribution in [0.2, 0.25) is 0 Å². The Morgan fingerprint density at radius 2 is 2.12 bits per heavy atom. The molecule has 5 nitrogen and oxygen atoms in total. The van der Waals surface area contributed by atoms with E-state index < -0.39 is 6.04 Å². The predicted molar refractivity (Wildman–Crippen MR) is 95.0 cm³/mol. The summed E-state index contributed by atoms with van der Waals surface area (Å²) in [6.07, 6.45) is 4.02. The fourth-order valence-electron chi connectivity index (χ4n) is 2.77. The maximum absolute atomic E-state index is 12.0. The molecule has 5 heteroatoms. The molecule has 24 heavy (non-hydrogen) atoms. The van der Waals surface area contributed by atoms with Gasteiger partial charge in [0.25, 0.3) is 0 Å². The highest BCUT2D eigenvalue weighted by molar-refractivity contribution is 6.12. The van der Waals surface area contributed by atoms with Crippen LogP contribution in [-0.2, 0) is 16.0 Å². The topological polar surface area (TPSA) is 81.8 Å². The molecule has 0 amide bonds. The van der Waals surface area contributed by atoms with Gasteiger partial charge in [0, 0.05) is 23.0 Å². The molecule has 0 saturated carbocycles. The maximum Gasteiger partial charge on any atom is 0.331 e. The van der Waals surface area contributed by atoms with Crippen molar-refractivity contribution < 1.29 is 14.3 Å². The smallest absolute Gasteiger partial charge is 0.331 e. The summed E-state index contributed by atoms with van der Waals surface area (Å²) in [6.45, 7) is 5.98. The molecular formula is C19H24N2O3. The number of aliphatic imine (C=N–C) groups is 1. The van der Waals surface area contributed by atoms with E-state index in [-0.39, 0.29) is 11.9 Å². The number of ether oxygens (including phenoxy) is 1. The van der Waals surface area contributed by atoms with Gasteiger partial charge in [0.2, 0.25) is 0 Å². The molecule has 1 atom stereocenters. The predicted octanol–water partition coefficient (Wildman–Crippen LogP) is 2.77.